The second-order valence-electron chi connectivity index (χ2n) is 6.08. The Hall–Kier alpha value is -1.34. The summed E-state index contributed by atoms with van der Waals surface area (Å²) in [5, 5.41) is 16.0. The van der Waals surface area contributed by atoms with Crippen molar-refractivity contribution in [3.8, 4) is 12.3 Å². The largest absolute Gasteiger partial charge is 0.379 e. The molecule has 1 aliphatic rings. The van der Waals surface area contributed by atoms with E-state index >= 15 is 0 Å². The van der Waals surface area contributed by atoms with Gasteiger partial charge in [0.05, 0.1) is 0 Å². The first-order valence-electron chi connectivity index (χ1n) is 6.77. The minimum absolute atomic E-state index is 0.335. The van der Waals surface area contributed by atoms with Gasteiger partial charge in [0.25, 0.3) is 0 Å². The van der Waals surface area contributed by atoms with Gasteiger partial charge in [0.1, 0.15) is 13.7 Å². The van der Waals surface area contributed by atoms with Crippen molar-refractivity contribution in [2.24, 2.45) is 0 Å². The third kappa shape index (κ3) is 1.66. The van der Waals surface area contributed by atoms with Gasteiger partial charge >= 0.3 is 0 Å². The van der Waals surface area contributed by atoms with E-state index in [1.54, 1.807) is 11.3 Å². The van der Waals surface area contributed by atoms with Crippen LogP contribution in [0.4, 0.5) is 0 Å². The number of hydrogen-bond donors (Lipinski definition) is 1. The van der Waals surface area contributed by atoms with Crippen LogP contribution < -0.4 is 10.4 Å². The Morgan fingerprint density at radius 1 is 1.30 bits per heavy atom. The van der Waals surface area contributed by atoms with Crippen LogP contribution in [0.1, 0.15) is 22.4 Å². The SMILES string of the molecule is C#CCC1(O)c2cc(C)ccc2[Si](C)(C)c2ccsc21. The van der Waals surface area contributed by atoms with Gasteiger partial charge in [0.15, 0.2) is 0 Å². The fourth-order valence-electron chi connectivity index (χ4n) is 3.26. The third-order valence-corrected chi connectivity index (χ3v) is 9.16. The zero-order chi connectivity index (χ0) is 14.5. The van der Waals surface area contributed by atoms with Crippen molar-refractivity contribution in [3.05, 3.63) is 45.6 Å². The van der Waals surface area contributed by atoms with Crippen LogP contribution in [0, 0.1) is 19.3 Å². The molecule has 1 aromatic carbocycles. The average Bonchev–Trinajstić information content (AvgIpc) is 2.88. The lowest BCUT2D eigenvalue weighted by molar-refractivity contribution is 0.0916. The van der Waals surface area contributed by atoms with Gasteiger partial charge in [-0.2, -0.15) is 0 Å². The Morgan fingerprint density at radius 2 is 2.05 bits per heavy atom. The van der Waals surface area contributed by atoms with Crippen LogP contribution in [0.15, 0.2) is 29.6 Å². The Labute approximate surface area is 125 Å². The molecule has 1 aliphatic heterocycles. The van der Waals surface area contributed by atoms with E-state index in [4.69, 9.17) is 6.42 Å². The molecule has 2 heterocycles. The summed E-state index contributed by atoms with van der Waals surface area (Å²) in [5.41, 5.74) is 1.19. The first kappa shape index (κ1) is 13.6. The molecule has 1 unspecified atom stereocenters. The third-order valence-electron chi connectivity index (χ3n) is 4.37. The molecular formula is C17H18OSSi. The number of thiophene rings is 1. The molecule has 2 aromatic rings. The molecule has 1 nitrogen and oxygen atoms in total. The van der Waals surface area contributed by atoms with Gasteiger partial charge in [0, 0.05) is 11.3 Å². The molecule has 3 heteroatoms. The fourth-order valence-corrected chi connectivity index (χ4v) is 8.25. The van der Waals surface area contributed by atoms with Crippen LogP contribution in [-0.4, -0.2) is 13.2 Å². The molecule has 1 atom stereocenters. The molecule has 0 fully saturated rings. The summed E-state index contributed by atoms with van der Waals surface area (Å²) in [4.78, 5) is 1.06. The Kier molecular flexibility index (Phi) is 2.95. The van der Waals surface area contributed by atoms with E-state index in [1.165, 1.54) is 15.9 Å². The summed E-state index contributed by atoms with van der Waals surface area (Å²) in [6.07, 6.45) is 5.87. The number of terminal acetylenes is 1. The maximum Gasteiger partial charge on any atom is 0.134 e. The maximum atomic E-state index is 11.3. The molecule has 102 valence electrons. The average molecular weight is 298 g/mol. The van der Waals surface area contributed by atoms with Crippen molar-refractivity contribution in [3.63, 3.8) is 0 Å². The molecule has 1 aromatic heterocycles. The van der Waals surface area contributed by atoms with E-state index in [9.17, 15) is 5.11 Å². The van der Waals surface area contributed by atoms with E-state index in [-0.39, 0.29) is 0 Å². The Bertz CT molecular complexity index is 723. The molecule has 1 N–H and O–H groups in total. The summed E-state index contributed by atoms with van der Waals surface area (Å²) < 4.78 is 0. The smallest absolute Gasteiger partial charge is 0.134 e. The van der Waals surface area contributed by atoms with Crippen molar-refractivity contribution in [1.82, 2.24) is 0 Å². The molecule has 0 aliphatic carbocycles. The maximum absolute atomic E-state index is 11.3. The number of fused-ring (bicyclic) bond motifs is 2. The highest BCUT2D eigenvalue weighted by molar-refractivity contribution is 7.14. The lowest BCUT2D eigenvalue weighted by Gasteiger charge is -2.40. The molecule has 0 radical (unpaired) electrons. The van der Waals surface area contributed by atoms with Gasteiger partial charge < -0.3 is 5.11 Å². The first-order chi connectivity index (χ1) is 9.41. The topological polar surface area (TPSA) is 20.2 Å². The molecular weight excluding hydrogens is 280 g/mol. The van der Waals surface area contributed by atoms with Crippen molar-refractivity contribution in [2.45, 2.75) is 32.0 Å². The Morgan fingerprint density at radius 3 is 2.75 bits per heavy atom. The number of hydrogen-bond acceptors (Lipinski definition) is 2. The van der Waals surface area contributed by atoms with Crippen molar-refractivity contribution < 1.29 is 5.11 Å². The fraction of sp³-hybridized carbons (Fsp3) is 0.294. The lowest BCUT2D eigenvalue weighted by atomic mass is 9.87. The second kappa shape index (κ2) is 4.32. The van der Waals surface area contributed by atoms with E-state index in [0.717, 1.165) is 10.4 Å². The van der Waals surface area contributed by atoms with Gasteiger partial charge in [-0.05, 0) is 28.2 Å². The highest BCUT2D eigenvalue weighted by Gasteiger charge is 2.47. The summed E-state index contributed by atoms with van der Waals surface area (Å²) >= 11 is 1.63. The lowest BCUT2D eigenvalue weighted by Crippen LogP contribution is -2.62. The van der Waals surface area contributed by atoms with Gasteiger partial charge in [-0.1, -0.05) is 42.9 Å². The van der Waals surface area contributed by atoms with Crippen molar-refractivity contribution in [2.75, 3.05) is 0 Å². The number of aliphatic hydroxyl groups is 1. The van der Waals surface area contributed by atoms with E-state index in [1.807, 2.05) is 0 Å². The quantitative estimate of drug-likeness (QED) is 0.633. The first-order valence-corrected chi connectivity index (χ1v) is 10.6. The molecule has 0 saturated carbocycles. The minimum Gasteiger partial charge on any atom is -0.379 e. The Balaban J connectivity index is 2.39. The summed E-state index contributed by atoms with van der Waals surface area (Å²) in [6, 6.07) is 8.63. The van der Waals surface area contributed by atoms with E-state index in [2.05, 4.69) is 55.6 Å². The number of rotatable bonds is 1. The molecule has 3 rings (SSSR count). The van der Waals surface area contributed by atoms with Gasteiger partial charge in [0.2, 0.25) is 0 Å². The van der Waals surface area contributed by atoms with Gasteiger partial charge in [-0.25, -0.2) is 0 Å². The van der Waals surface area contributed by atoms with E-state index in [0.29, 0.717) is 6.42 Å². The summed E-state index contributed by atoms with van der Waals surface area (Å²) in [6.45, 7) is 6.76. The van der Waals surface area contributed by atoms with Crippen LogP contribution in [0.5, 0.6) is 0 Å². The normalized spacial score (nSPS) is 22.8. The van der Waals surface area contributed by atoms with Gasteiger partial charge in [-0.3, -0.25) is 0 Å². The molecule has 0 amide bonds. The highest BCUT2D eigenvalue weighted by atomic mass is 32.1. The monoisotopic (exact) mass is 298 g/mol. The van der Waals surface area contributed by atoms with Crippen molar-refractivity contribution >= 4 is 29.8 Å². The predicted molar refractivity (Wildman–Crippen MR) is 88.7 cm³/mol. The van der Waals surface area contributed by atoms with Crippen LogP contribution in [0.3, 0.4) is 0 Å². The highest BCUT2D eigenvalue weighted by Crippen LogP contribution is 2.39. The summed E-state index contributed by atoms with van der Waals surface area (Å²) in [7, 11) is -1.74. The van der Waals surface area contributed by atoms with Crippen LogP contribution in [0.2, 0.25) is 13.1 Å². The molecule has 0 bridgehead atoms. The van der Waals surface area contributed by atoms with Crippen molar-refractivity contribution in [1.29, 1.82) is 0 Å². The standard InChI is InChI=1S/C17H18OSSi/c1-5-9-17(18)13-11-12(2)6-7-14(13)20(3,4)15-8-10-19-16(15)17/h1,6-8,10-11,18H,9H2,2-4H3. The summed E-state index contributed by atoms with van der Waals surface area (Å²) in [5.74, 6) is 2.67. The zero-order valence-electron chi connectivity index (χ0n) is 12.0. The predicted octanol–water partition coefficient (Wildman–Crippen LogP) is 2.45. The van der Waals surface area contributed by atoms with E-state index < -0.39 is 13.7 Å². The minimum atomic E-state index is -1.74. The molecule has 20 heavy (non-hydrogen) atoms. The molecule has 0 saturated heterocycles. The number of aryl methyl sites for hydroxylation is 1. The van der Waals surface area contributed by atoms with Crippen LogP contribution in [0.25, 0.3) is 0 Å². The van der Waals surface area contributed by atoms with Gasteiger partial charge in [-0.15, -0.1) is 23.7 Å². The molecule has 0 spiro atoms. The zero-order valence-corrected chi connectivity index (χ0v) is 13.8. The number of benzene rings is 1. The van der Waals surface area contributed by atoms with Crippen LogP contribution >= 0.6 is 11.3 Å². The second-order valence-corrected chi connectivity index (χ2v) is 11.3. The van der Waals surface area contributed by atoms with Crippen LogP contribution in [-0.2, 0) is 5.60 Å².